The van der Waals surface area contributed by atoms with Crippen molar-refractivity contribution in [3.8, 4) is 17.1 Å². The van der Waals surface area contributed by atoms with E-state index in [-0.39, 0.29) is 19.0 Å². The number of carbonyl (C=O) groups excluding carboxylic acids is 1. The summed E-state index contributed by atoms with van der Waals surface area (Å²) in [6, 6.07) is 16.1. The molecule has 30 heavy (non-hydrogen) atoms. The molecule has 3 aromatic rings. The Labute approximate surface area is 173 Å². The average Bonchev–Trinajstić information content (AvgIpc) is 3.20. The van der Waals surface area contributed by atoms with Crippen LogP contribution in [-0.4, -0.2) is 55.3 Å². The molecule has 2 aromatic carbocycles. The van der Waals surface area contributed by atoms with Gasteiger partial charge in [0.25, 0.3) is 5.91 Å². The second-order valence-electron chi connectivity index (χ2n) is 6.94. The fourth-order valence-electron chi connectivity index (χ4n) is 3.20. The number of carbonyl (C=O) groups is 1. The molecule has 0 bridgehead atoms. The first-order chi connectivity index (χ1) is 14.3. The molecule has 0 aliphatic carbocycles. The van der Waals surface area contributed by atoms with Crippen molar-refractivity contribution in [2.75, 3.05) is 24.2 Å². The van der Waals surface area contributed by atoms with E-state index < -0.39 is 22.0 Å². The molecule has 0 N–H and O–H groups in total. The van der Waals surface area contributed by atoms with Crippen LogP contribution in [0, 0.1) is 0 Å². The molecular weight excluding hydrogens is 408 g/mol. The van der Waals surface area contributed by atoms with Gasteiger partial charge in [0.2, 0.25) is 21.7 Å². The Hall–Kier alpha value is -3.40. The molecule has 4 rings (SSSR count). The maximum atomic E-state index is 13.0. The summed E-state index contributed by atoms with van der Waals surface area (Å²) in [6.45, 7) is -0.0445. The van der Waals surface area contributed by atoms with E-state index in [0.29, 0.717) is 17.3 Å². The van der Waals surface area contributed by atoms with Crippen LogP contribution in [0.5, 0.6) is 5.75 Å². The van der Waals surface area contributed by atoms with Crippen LogP contribution in [0.15, 0.2) is 59.1 Å². The molecule has 0 fully saturated rings. The first kappa shape index (κ1) is 19.9. The number of ether oxygens (including phenoxy) is 1. The number of likely N-dealkylation sites (N-methyl/N-ethyl adjacent to an activating group) is 1. The maximum absolute atomic E-state index is 13.0. The highest BCUT2D eigenvalue weighted by Crippen LogP contribution is 2.35. The van der Waals surface area contributed by atoms with Crippen molar-refractivity contribution >= 4 is 21.6 Å². The fraction of sp³-hybridized carbons (Fsp3) is 0.250. The number of amides is 1. The molecule has 1 aliphatic heterocycles. The lowest BCUT2D eigenvalue weighted by atomic mass is 10.2. The van der Waals surface area contributed by atoms with Gasteiger partial charge in [0.15, 0.2) is 6.10 Å². The highest BCUT2D eigenvalue weighted by atomic mass is 32.2. The predicted octanol–water partition coefficient (Wildman–Crippen LogP) is 1.92. The lowest BCUT2D eigenvalue weighted by Crippen LogP contribution is -2.50. The minimum absolute atomic E-state index is 0.0685. The lowest BCUT2D eigenvalue weighted by Gasteiger charge is -2.35. The van der Waals surface area contributed by atoms with Crippen molar-refractivity contribution in [1.29, 1.82) is 0 Å². The van der Waals surface area contributed by atoms with E-state index in [2.05, 4.69) is 10.1 Å². The Balaban J connectivity index is 1.50. The van der Waals surface area contributed by atoms with E-state index in [1.165, 1.54) is 9.21 Å². The van der Waals surface area contributed by atoms with Crippen LogP contribution in [0.4, 0.5) is 5.69 Å². The van der Waals surface area contributed by atoms with Crippen LogP contribution in [-0.2, 0) is 21.4 Å². The number of aromatic nitrogens is 2. The van der Waals surface area contributed by atoms with Gasteiger partial charge >= 0.3 is 0 Å². The molecule has 10 heteroatoms. The number of rotatable bonds is 5. The lowest BCUT2D eigenvalue weighted by molar-refractivity contribution is -0.138. The number of nitrogens with zero attached hydrogens (tertiary/aromatic N) is 4. The van der Waals surface area contributed by atoms with Gasteiger partial charge in [0, 0.05) is 12.6 Å². The quantitative estimate of drug-likeness (QED) is 0.611. The summed E-state index contributed by atoms with van der Waals surface area (Å²) in [6.07, 6.45) is 0.111. The number of benzene rings is 2. The zero-order chi connectivity index (χ0) is 21.3. The number of sulfonamides is 1. The summed E-state index contributed by atoms with van der Waals surface area (Å²) in [5, 5.41) is 3.94. The van der Waals surface area contributed by atoms with Crippen molar-refractivity contribution in [3.63, 3.8) is 0 Å². The van der Waals surface area contributed by atoms with E-state index in [9.17, 15) is 13.2 Å². The number of fused-ring (bicyclic) bond motifs is 1. The van der Waals surface area contributed by atoms with Gasteiger partial charge in [0.1, 0.15) is 5.75 Å². The molecule has 156 valence electrons. The molecule has 0 radical (unpaired) electrons. The van der Waals surface area contributed by atoms with Crippen LogP contribution in [0.1, 0.15) is 5.89 Å². The molecular formula is C20H20N4O5S. The van der Waals surface area contributed by atoms with Crippen LogP contribution in [0.25, 0.3) is 11.4 Å². The summed E-state index contributed by atoms with van der Waals surface area (Å²) in [5.74, 6) is 0.640. The van der Waals surface area contributed by atoms with Crippen LogP contribution >= 0.6 is 0 Å². The van der Waals surface area contributed by atoms with E-state index >= 15 is 0 Å². The Bertz CT molecular complexity index is 1160. The average molecular weight is 428 g/mol. The van der Waals surface area contributed by atoms with Crippen LogP contribution < -0.4 is 9.04 Å². The maximum Gasteiger partial charge on any atom is 0.265 e. The third kappa shape index (κ3) is 3.99. The third-order valence-electron chi connectivity index (χ3n) is 4.66. The van der Waals surface area contributed by atoms with Crippen molar-refractivity contribution < 1.29 is 22.5 Å². The topological polar surface area (TPSA) is 106 Å². The van der Waals surface area contributed by atoms with Gasteiger partial charge < -0.3 is 14.2 Å². The van der Waals surface area contributed by atoms with Crippen molar-refractivity contribution in [2.24, 2.45) is 0 Å². The van der Waals surface area contributed by atoms with Gasteiger partial charge in [-0.3, -0.25) is 9.10 Å². The second kappa shape index (κ2) is 7.79. The summed E-state index contributed by atoms with van der Waals surface area (Å²) >= 11 is 0. The molecule has 1 aliphatic rings. The van der Waals surface area contributed by atoms with E-state index in [4.69, 9.17) is 9.26 Å². The molecule has 9 nitrogen and oxygen atoms in total. The molecule has 0 saturated heterocycles. The Kier molecular flexibility index (Phi) is 5.17. The van der Waals surface area contributed by atoms with E-state index in [1.54, 1.807) is 31.3 Å². The summed E-state index contributed by atoms with van der Waals surface area (Å²) in [4.78, 5) is 18.6. The minimum Gasteiger partial charge on any atom is -0.476 e. The normalized spacial score (nSPS) is 15.9. The van der Waals surface area contributed by atoms with Crippen molar-refractivity contribution in [1.82, 2.24) is 15.0 Å². The standard InChI is InChI=1S/C20H20N4O5S/c1-23(13-18-21-19(22-29-18)14-8-4-3-5-9-14)20(25)17-12-24(30(2,26)27)15-10-6-7-11-16(15)28-17/h3-11,17H,12-13H2,1-2H3/t17-/m1/s1. The smallest absolute Gasteiger partial charge is 0.265 e. The van der Waals surface area contributed by atoms with Crippen molar-refractivity contribution in [2.45, 2.75) is 12.6 Å². The zero-order valence-electron chi connectivity index (χ0n) is 16.4. The summed E-state index contributed by atoms with van der Waals surface area (Å²) in [7, 11) is -2.00. The van der Waals surface area contributed by atoms with Gasteiger partial charge in [-0.1, -0.05) is 47.6 Å². The predicted molar refractivity (Wildman–Crippen MR) is 109 cm³/mol. The number of hydrogen-bond donors (Lipinski definition) is 0. The highest BCUT2D eigenvalue weighted by molar-refractivity contribution is 7.92. The highest BCUT2D eigenvalue weighted by Gasteiger charge is 2.36. The molecule has 1 aromatic heterocycles. The van der Waals surface area contributed by atoms with Crippen LogP contribution in [0.2, 0.25) is 0 Å². The second-order valence-corrected chi connectivity index (χ2v) is 8.85. The molecule has 0 unspecified atom stereocenters. The zero-order valence-corrected chi connectivity index (χ0v) is 17.2. The Morgan fingerprint density at radius 1 is 1.17 bits per heavy atom. The Morgan fingerprint density at radius 3 is 2.60 bits per heavy atom. The van der Waals surface area contributed by atoms with Crippen molar-refractivity contribution in [3.05, 3.63) is 60.5 Å². The SMILES string of the molecule is CN(Cc1nc(-c2ccccc2)no1)C(=O)[C@H]1CN(S(C)(=O)=O)c2ccccc2O1. The van der Waals surface area contributed by atoms with Gasteiger partial charge in [0.05, 0.1) is 25.0 Å². The molecule has 1 atom stereocenters. The number of hydrogen-bond acceptors (Lipinski definition) is 7. The first-order valence-electron chi connectivity index (χ1n) is 9.19. The summed E-state index contributed by atoms with van der Waals surface area (Å²) < 4.78 is 36.7. The number of para-hydroxylation sites is 2. The molecule has 1 amide bonds. The minimum atomic E-state index is -3.58. The van der Waals surface area contributed by atoms with Gasteiger partial charge in [-0.05, 0) is 12.1 Å². The Morgan fingerprint density at radius 2 is 1.87 bits per heavy atom. The van der Waals surface area contributed by atoms with Gasteiger partial charge in [-0.15, -0.1) is 0 Å². The van der Waals surface area contributed by atoms with Gasteiger partial charge in [-0.25, -0.2) is 8.42 Å². The van der Waals surface area contributed by atoms with E-state index in [1.807, 2.05) is 30.3 Å². The third-order valence-corrected chi connectivity index (χ3v) is 5.81. The number of anilines is 1. The van der Waals surface area contributed by atoms with Crippen LogP contribution in [0.3, 0.4) is 0 Å². The fourth-order valence-corrected chi connectivity index (χ4v) is 4.11. The molecule has 0 spiro atoms. The van der Waals surface area contributed by atoms with E-state index in [0.717, 1.165) is 11.8 Å². The molecule has 0 saturated carbocycles. The monoisotopic (exact) mass is 428 g/mol. The summed E-state index contributed by atoms with van der Waals surface area (Å²) in [5.41, 5.74) is 1.22. The largest absolute Gasteiger partial charge is 0.476 e. The van der Waals surface area contributed by atoms with Gasteiger partial charge in [-0.2, -0.15) is 4.98 Å². The first-order valence-corrected chi connectivity index (χ1v) is 11.0. The molecule has 2 heterocycles.